The minimum absolute atomic E-state index is 0.104. The molecule has 2 aromatic rings. The second kappa shape index (κ2) is 5.23. The highest BCUT2D eigenvalue weighted by Gasteiger charge is 2.21. The molecule has 0 atom stereocenters. The molecule has 0 saturated heterocycles. The van der Waals surface area contributed by atoms with Crippen LogP contribution >= 0.6 is 22.9 Å². The molecule has 0 aromatic carbocycles. The van der Waals surface area contributed by atoms with E-state index in [1.807, 2.05) is 13.8 Å². The molecule has 0 unspecified atom stereocenters. The molecule has 7 heteroatoms. The summed E-state index contributed by atoms with van der Waals surface area (Å²) in [4.78, 5) is 21.3. The van der Waals surface area contributed by atoms with Gasteiger partial charge < -0.3 is 4.90 Å². The van der Waals surface area contributed by atoms with Crippen molar-refractivity contribution >= 4 is 33.9 Å². The van der Waals surface area contributed by atoms with Gasteiger partial charge in [0.1, 0.15) is 0 Å². The van der Waals surface area contributed by atoms with Gasteiger partial charge in [0.25, 0.3) is 5.91 Å². The monoisotopic (exact) mass is 308 g/mol. The molecule has 0 radical (unpaired) electrons. The van der Waals surface area contributed by atoms with Crippen molar-refractivity contribution in [3.05, 3.63) is 26.7 Å². The number of amides is 1. The predicted octanol–water partition coefficient (Wildman–Crippen LogP) is 2.46. The van der Waals surface area contributed by atoms with E-state index in [0.717, 1.165) is 35.8 Å². The molecule has 0 fully saturated rings. The van der Waals surface area contributed by atoms with Crippen LogP contribution in [0.2, 0.25) is 0 Å². The molecule has 1 N–H and O–H groups in total. The Labute approximate surface area is 125 Å². The van der Waals surface area contributed by atoms with E-state index in [-0.39, 0.29) is 5.91 Å². The summed E-state index contributed by atoms with van der Waals surface area (Å²) in [6.45, 7) is 5.72. The van der Waals surface area contributed by atoms with Crippen molar-refractivity contribution < 1.29 is 4.79 Å². The molecule has 0 bridgehead atoms. The molecule has 0 spiro atoms. The smallest absolute Gasteiger partial charge is 0.260 e. The number of carbonyl (C=O) groups excluding carboxylic acids is 1. The maximum Gasteiger partial charge on any atom is 0.260 e. The van der Waals surface area contributed by atoms with Gasteiger partial charge in [0.15, 0.2) is 5.13 Å². The lowest BCUT2D eigenvalue weighted by atomic mass is 10.2. The number of carbonyl (C=O) groups is 1. The number of nitrogens with zero attached hydrogens (tertiary/aromatic N) is 3. The molecule has 3 rings (SSSR count). The van der Waals surface area contributed by atoms with Crippen LogP contribution in [0.3, 0.4) is 0 Å². The topological polar surface area (TPSA) is 58.1 Å². The van der Waals surface area contributed by atoms with Crippen molar-refractivity contribution in [2.24, 2.45) is 0 Å². The fourth-order valence-corrected chi connectivity index (χ4v) is 4.12. The van der Waals surface area contributed by atoms with Crippen LogP contribution in [-0.4, -0.2) is 33.8 Å². The third kappa shape index (κ3) is 2.48. The fraction of sp³-hybridized carbons (Fsp3) is 0.462. The molecule has 3 heterocycles. The van der Waals surface area contributed by atoms with Crippen molar-refractivity contribution in [2.45, 2.75) is 26.8 Å². The first-order valence-electron chi connectivity index (χ1n) is 6.46. The number of hydrogen-bond donors (Lipinski definition) is 1. The van der Waals surface area contributed by atoms with Gasteiger partial charge in [-0.1, -0.05) is 0 Å². The van der Waals surface area contributed by atoms with Gasteiger partial charge in [0.2, 0.25) is 0 Å². The van der Waals surface area contributed by atoms with E-state index in [1.54, 1.807) is 11.3 Å². The summed E-state index contributed by atoms with van der Waals surface area (Å²) in [6, 6.07) is 0. The zero-order valence-electron chi connectivity index (χ0n) is 11.7. The third-order valence-electron chi connectivity index (χ3n) is 3.40. The number of hydrogen-bond acceptors (Lipinski definition) is 6. The number of rotatable bonds is 2. The number of nitrogens with one attached hydrogen (secondary N) is 1. The lowest BCUT2D eigenvalue weighted by molar-refractivity contribution is 0.102. The normalized spacial score (nSPS) is 15.2. The van der Waals surface area contributed by atoms with Crippen LogP contribution in [0.1, 0.15) is 31.5 Å². The van der Waals surface area contributed by atoms with Gasteiger partial charge in [0, 0.05) is 29.3 Å². The van der Waals surface area contributed by atoms with Gasteiger partial charge in [-0.15, -0.1) is 11.3 Å². The summed E-state index contributed by atoms with van der Waals surface area (Å²) in [7, 11) is 2.10. The summed E-state index contributed by atoms with van der Waals surface area (Å²) in [5, 5.41) is 3.61. The SMILES string of the molecule is Cc1nsc(C)c1C(=O)Nc1nc2c(s1)CN(C)CC2. The Morgan fingerprint density at radius 3 is 2.90 bits per heavy atom. The zero-order chi connectivity index (χ0) is 14.3. The minimum atomic E-state index is -0.104. The van der Waals surface area contributed by atoms with Crippen molar-refractivity contribution in [1.29, 1.82) is 0 Å². The van der Waals surface area contributed by atoms with E-state index in [4.69, 9.17) is 0 Å². The van der Waals surface area contributed by atoms with Gasteiger partial charge in [0.05, 0.1) is 17.0 Å². The van der Waals surface area contributed by atoms with E-state index in [2.05, 4.69) is 26.6 Å². The van der Waals surface area contributed by atoms with Crippen molar-refractivity contribution in [1.82, 2.24) is 14.3 Å². The van der Waals surface area contributed by atoms with Crippen molar-refractivity contribution in [3.63, 3.8) is 0 Å². The molecule has 5 nitrogen and oxygen atoms in total. The van der Waals surface area contributed by atoms with E-state index in [1.165, 1.54) is 16.4 Å². The lowest BCUT2D eigenvalue weighted by Crippen LogP contribution is -2.25. The maximum atomic E-state index is 12.3. The summed E-state index contributed by atoms with van der Waals surface area (Å²) in [6.07, 6.45) is 0.955. The van der Waals surface area contributed by atoms with Gasteiger partial charge in [-0.3, -0.25) is 10.1 Å². The number of likely N-dealkylation sites (N-methyl/N-ethyl adjacent to an activating group) is 1. The van der Waals surface area contributed by atoms with Crippen LogP contribution in [0.25, 0.3) is 0 Å². The Kier molecular flexibility index (Phi) is 3.57. The standard InChI is InChI=1S/C13H16N4OS2/c1-7-11(8(2)20-16-7)12(18)15-13-14-9-4-5-17(3)6-10(9)19-13/h4-6H2,1-3H3,(H,14,15,18). The largest absolute Gasteiger partial charge is 0.301 e. The van der Waals surface area contributed by atoms with Crippen LogP contribution < -0.4 is 5.32 Å². The van der Waals surface area contributed by atoms with E-state index >= 15 is 0 Å². The Balaban J connectivity index is 1.80. The fourth-order valence-electron chi connectivity index (χ4n) is 2.34. The van der Waals surface area contributed by atoms with E-state index < -0.39 is 0 Å². The molecule has 1 aliphatic heterocycles. The Bertz CT molecular complexity index is 642. The van der Waals surface area contributed by atoms with Gasteiger partial charge in [-0.2, -0.15) is 4.37 Å². The number of anilines is 1. The average Bonchev–Trinajstić information content (AvgIpc) is 2.92. The second-order valence-corrected chi connectivity index (χ2v) is 7.09. The first-order chi connectivity index (χ1) is 9.54. The summed E-state index contributed by atoms with van der Waals surface area (Å²) in [5.41, 5.74) is 2.59. The van der Waals surface area contributed by atoms with Crippen molar-refractivity contribution in [3.8, 4) is 0 Å². The van der Waals surface area contributed by atoms with Gasteiger partial charge in [-0.05, 0) is 32.4 Å². The molecule has 0 aliphatic carbocycles. The second-order valence-electron chi connectivity index (χ2n) is 5.03. The molecule has 2 aromatic heterocycles. The number of aromatic nitrogens is 2. The Hall–Kier alpha value is -1.31. The highest BCUT2D eigenvalue weighted by molar-refractivity contribution is 7.16. The zero-order valence-corrected chi connectivity index (χ0v) is 13.3. The number of fused-ring (bicyclic) bond motifs is 1. The van der Waals surface area contributed by atoms with Crippen LogP contribution in [0, 0.1) is 13.8 Å². The molecular weight excluding hydrogens is 292 g/mol. The Morgan fingerprint density at radius 2 is 2.20 bits per heavy atom. The summed E-state index contributed by atoms with van der Waals surface area (Å²) >= 11 is 2.94. The molecule has 0 saturated carbocycles. The molecule has 20 heavy (non-hydrogen) atoms. The van der Waals surface area contributed by atoms with Crippen LogP contribution in [-0.2, 0) is 13.0 Å². The average molecular weight is 308 g/mol. The maximum absolute atomic E-state index is 12.3. The van der Waals surface area contributed by atoms with Crippen LogP contribution in [0.5, 0.6) is 0 Å². The van der Waals surface area contributed by atoms with Crippen LogP contribution in [0.4, 0.5) is 5.13 Å². The molecular formula is C13H16N4OS2. The van der Waals surface area contributed by atoms with E-state index in [9.17, 15) is 4.79 Å². The highest BCUT2D eigenvalue weighted by atomic mass is 32.1. The molecule has 1 aliphatic rings. The first-order valence-corrected chi connectivity index (χ1v) is 8.05. The summed E-state index contributed by atoms with van der Waals surface area (Å²) in [5.74, 6) is -0.104. The van der Waals surface area contributed by atoms with Crippen molar-refractivity contribution in [2.75, 3.05) is 18.9 Å². The quantitative estimate of drug-likeness (QED) is 0.926. The summed E-state index contributed by atoms with van der Waals surface area (Å²) < 4.78 is 4.21. The third-order valence-corrected chi connectivity index (χ3v) is 5.24. The Morgan fingerprint density at radius 1 is 1.40 bits per heavy atom. The van der Waals surface area contributed by atoms with E-state index in [0.29, 0.717) is 10.7 Å². The minimum Gasteiger partial charge on any atom is -0.301 e. The first kappa shape index (κ1) is 13.7. The van der Waals surface area contributed by atoms with Crippen LogP contribution in [0.15, 0.2) is 0 Å². The highest BCUT2D eigenvalue weighted by Crippen LogP contribution is 2.28. The number of aryl methyl sites for hydroxylation is 2. The van der Waals surface area contributed by atoms with Gasteiger partial charge in [-0.25, -0.2) is 4.98 Å². The molecule has 106 valence electrons. The predicted molar refractivity (Wildman–Crippen MR) is 81.7 cm³/mol. The lowest BCUT2D eigenvalue weighted by Gasteiger charge is -2.20. The molecule has 1 amide bonds. The van der Waals surface area contributed by atoms with Gasteiger partial charge >= 0.3 is 0 Å². The number of thiazole rings is 1.